The number of H-pyrrole nitrogens is 1. The first-order valence-electron chi connectivity index (χ1n) is 4.55. The third-order valence-corrected chi connectivity index (χ3v) is 1.91. The van der Waals surface area contributed by atoms with E-state index in [1.807, 2.05) is 0 Å². The highest BCUT2D eigenvalue weighted by Crippen LogP contribution is 2.08. The third kappa shape index (κ3) is 3.08. The second-order valence-corrected chi connectivity index (χ2v) is 3.50. The van der Waals surface area contributed by atoms with Crippen molar-refractivity contribution >= 4 is 11.8 Å². The molecule has 0 aliphatic rings. The number of carboxylic acid groups (broad SMARTS) is 1. The molecule has 1 unspecified atom stereocenters. The van der Waals surface area contributed by atoms with Gasteiger partial charge in [0.2, 0.25) is 0 Å². The molecule has 3 N–H and O–H groups in total. The normalized spacial score (nSPS) is 12.5. The highest BCUT2D eigenvalue weighted by molar-refractivity contribution is 5.77. The summed E-state index contributed by atoms with van der Waals surface area (Å²) in [5, 5.41) is 11.6. The molecule has 0 saturated heterocycles. The topological polar surface area (TPSA) is 95.1 Å². The zero-order chi connectivity index (χ0) is 11.4. The van der Waals surface area contributed by atoms with Gasteiger partial charge in [0.25, 0.3) is 5.56 Å². The first kappa shape index (κ1) is 11.2. The molecule has 0 aromatic carbocycles. The van der Waals surface area contributed by atoms with Crippen molar-refractivity contribution < 1.29 is 9.90 Å². The lowest BCUT2D eigenvalue weighted by atomic mass is 10.1. The maximum absolute atomic E-state index is 10.9. The van der Waals surface area contributed by atoms with Crippen molar-refractivity contribution in [3.63, 3.8) is 0 Å². The largest absolute Gasteiger partial charge is 0.480 e. The van der Waals surface area contributed by atoms with Gasteiger partial charge in [-0.05, 0) is 5.92 Å². The highest BCUT2D eigenvalue weighted by Gasteiger charge is 2.21. The van der Waals surface area contributed by atoms with Gasteiger partial charge >= 0.3 is 5.97 Å². The second kappa shape index (κ2) is 4.59. The van der Waals surface area contributed by atoms with Crippen molar-refractivity contribution in [2.45, 2.75) is 19.9 Å². The van der Waals surface area contributed by atoms with E-state index < -0.39 is 12.0 Å². The fraction of sp³-hybridized carbons (Fsp3) is 0.444. The van der Waals surface area contributed by atoms with Crippen LogP contribution in [-0.2, 0) is 4.79 Å². The minimum Gasteiger partial charge on any atom is -0.480 e. The van der Waals surface area contributed by atoms with Crippen LogP contribution in [0.25, 0.3) is 0 Å². The molecule has 0 radical (unpaired) electrons. The summed E-state index contributed by atoms with van der Waals surface area (Å²) >= 11 is 0. The van der Waals surface area contributed by atoms with Crippen molar-refractivity contribution in [3.8, 4) is 0 Å². The Morgan fingerprint density at radius 2 is 2.27 bits per heavy atom. The number of hydrogen-bond acceptors (Lipinski definition) is 4. The Labute approximate surface area is 86.4 Å². The molecule has 82 valence electrons. The van der Waals surface area contributed by atoms with Crippen LogP contribution in [0, 0.1) is 5.92 Å². The van der Waals surface area contributed by atoms with E-state index in [1.54, 1.807) is 13.8 Å². The first-order valence-corrected chi connectivity index (χ1v) is 4.55. The van der Waals surface area contributed by atoms with Crippen LogP contribution < -0.4 is 10.9 Å². The minimum atomic E-state index is -0.966. The molecule has 0 saturated carbocycles. The number of nitrogens with zero attached hydrogens (tertiary/aromatic N) is 1. The van der Waals surface area contributed by atoms with Crippen molar-refractivity contribution in [2.75, 3.05) is 5.32 Å². The fourth-order valence-electron chi connectivity index (χ4n) is 1.12. The molecule has 15 heavy (non-hydrogen) atoms. The van der Waals surface area contributed by atoms with Crippen LogP contribution in [0.3, 0.4) is 0 Å². The molecule has 0 spiro atoms. The Bertz CT molecular complexity index is 400. The molecular formula is C9H13N3O3. The van der Waals surface area contributed by atoms with Gasteiger partial charge in [0.05, 0.1) is 6.33 Å². The van der Waals surface area contributed by atoms with Crippen molar-refractivity contribution in [1.29, 1.82) is 0 Å². The molecule has 0 aliphatic heterocycles. The van der Waals surface area contributed by atoms with Crippen LogP contribution in [0.4, 0.5) is 5.82 Å². The maximum atomic E-state index is 10.9. The second-order valence-electron chi connectivity index (χ2n) is 3.50. The van der Waals surface area contributed by atoms with Crippen molar-refractivity contribution in [3.05, 3.63) is 22.7 Å². The van der Waals surface area contributed by atoms with E-state index in [-0.39, 0.29) is 17.3 Å². The van der Waals surface area contributed by atoms with Gasteiger partial charge in [0, 0.05) is 6.07 Å². The van der Waals surface area contributed by atoms with E-state index in [0.717, 1.165) is 0 Å². The van der Waals surface area contributed by atoms with Crippen molar-refractivity contribution in [2.24, 2.45) is 5.92 Å². The van der Waals surface area contributed by atoms with E-state index in [9.17, 15) is 9.59 Å². The summed E-state index contributed by atoms with van der Waals surface area (Å²) < 4.78 is 0. The number of aromatic nitrogens is 2. The van der Waals surface area contributed by atoms with E-state index >= 15 is 0 Å². The summed E-state index contributed by atoms with van der Waals surface area (Å²) in [4.78, 5) is 27.9. The van der Waals surface area contributed by atoms with Gasteiger partial charge in [-0.3, -0.25) is 4.79 Å². The Hall–Kier alpha value is -1.85. The summed E-state index contributed by atoms with van der Waals surface area (Å²) in [5.74, 6) is -0.796. The molecule has 0 amide bonds. The smallest absolute Gasteiger partial charge is 0.326 e. The zero-order valence-corrected chi connectivity index (χ0v) is 8.52. The number of rotatable bonds is 4. The third-order valence-electron chi connectivity index (χ3n) is 1.91. The van der Waals surface area contributed by atoms with Crippen LogP contribution >= 0.6 is 0 Å². The molecule has 6 nitrogen and oxygen atoms in total. The predicted octanol–water partition coefficient (Wildman–Crippen LogP) is 0.291. The lowest BCUT2D eigenvalue weighted by molar-refractivity contribution is -0.138. The monoisotopic (exact) mass is 211 g/mol. The summed E-state index contributed by atoms with van der Waals surface area (Å²) in [5.41, 5.74) is -0.319. The van der Waals surface area contributed by atoms with Gasteiger partial charge in [-0.25, -0.2) is 9.78 Å². The first-order chi connectivity index (χ1) is 7.00. The molecule has 6 heteroatoms. The molecule has 1 aromatic heterocycles. The number of carboxylic acids is 1. The van der Waals surface area contributed by atoms with E-state index in [2.05, 4.69) is 15.3 Å². The van der Waals surface area contributed by atoms with E-state index in [0.29, 0.717) is 0 Å². The summed E-state index contributed by atoms with van der Waals surface area (Å²) in [6.45, 7) is 3.55. The fourth-order valence-corrected chi connectivity index (χ4v) is 1.12. The van der Waals surface area contributed by atoms with Crippen LogP contribution in [0.1, 0.15) is 13.8 Å². The average molecular weight is 211 g/mol. The number of hydrogen-bond donors (Lipinski definition) is 3. The molecule has 1 rings (SSSR count). The van der Waals surface area contributed by atoms with Gasteiger partial charge in [0.1, 0.15) is 11.9 Å². The molecule has 1 atom stereocenters. The summed E-state index contributed by atoms with van der Waals surface area (Å²) in [7, 11) is 0. The molecule has 0 bridgehead atoms. The Balaban J connectivity index is 2.83. The standard InChI is InChI=1S/C9H13N3O3/c1-5(2)8(9(14)15)12-6-3-7(13)11-4-10-6/h3-5,8H,1-2H3,(H,14,15)(H2,10,11,12,13). The molecule has 0 aliphatic carbocycles. The summed E-state index contributed by atoms with van der Waals surface area (Å²) in [6.07, 6.45) is 1.23. The molecule has 1 aromatic rings. The van der Waals surface area contributed by atoms with Crippen LogP contribution in [0.15, 0.2) is 17.2 Å². The minimum absolute atomic E-state index is 0.0939. The predicted molar refractivity (Wildman–Crippen MR) is 54.7 cm³/mol. The van der Waals surface area contributed by atoms with Crippen LogP contribution in [0.5, 0.6) is 0 Å². The lowest BCUT2D eigenvalue weighted by Crippen LogP contribution is -2.34. The highest BCUT2D eigenvalue weighted by atomic mass is 16.4. The maximum Gasteiger partial charge on any atom is 0.326 e. The molecular weight excluding hydrogens is 198 g/mol. The number of aromatic amines is 1. The lowest BCUT2D eigenvalue weighted by Gasteiger charge is -2.17. The Morgan fingerprint density at radius 3 is 2.73 bits per heavy atom. The number of carbonyl (C=O) groups is 1. The zero-order valence-electron chi connectivity index (χ0n) is 8.52. The SMILES string of the molecule is CC(C)C(Nc1cc(=O)[nH]cn1)C(=O)O. The van der Waals surface area contributed by atoms with Crippen molar-refractivity contribution in [1.82, 2.24) is 9.97 Å². The molecule has 0 fully saturated rings. The van der Waals surface area contributed by atoms with Gasteiger partial charge in [-0.2, -0.15) is 0 Å². The Kier molecular flexibility index (Phi) is 3.43. The molecule has 1 heterocycles. The van der Waals surface area contributed by atoms with E-state index in [1.165, 1.54) is 12.4 Å². The van der Waals surface area contributed by atoms with Crippen LogP contribution in [0.2, 0.25) is 0 Å². The van der Waals surface area contributed by atoms with Gasteiger partial charge in [-0.15, -0.1) is 0 Å². The quantitative estimate of drug-likeness (QED) is 0.665. The van der Waals surface area contributed by atoms with Gasteiger partial charge in [-0.1, -0.05) is 13.8 Å². The number of nitrogens with one attached hydrogen (secondary N) is 2. The number of aliphatic carboxylic acids is 1. The number of anilines is 1. The Morgan fingerprint density at radius 1 is 1.60 bits per heavy atom. The summed E-state index contributed by atoms with van der Waals surface area (Å²) in [6, 6.07) is 0.470. The average Bonchev–Trinajstić information content (AvgIpc) is 2.13. The van der Waals surface area contributed by atoms with E-state index in [4.69, 9.17) is 5.11 Å². The van der Waals surface area contributed by atoms with Gasteiger partial charge in [0.15, 0.2) is 0 Å². The van der Waals surface area contributed by atoms with Gasteiger partial charge < -0.3 is 15.4 Å². The van der Waals surface area contributed by atoms with Crippen LogP contribution in [-0.4, -0.2) is 27.1 Å².